The molecule has 0 heterocycles. The second kappa shape index (κ2) is 8.56. The monoisotopic (exact) mass is 409 g/mol. The number of para-hydroxylation sites is 1. The van der Waals surface area contributed by atoms with Crippen LogP contribution in [0.3, 0.4) is 0 Å². The van der Waals surface area contributed by atoms with E-state index in [1.807, 2.05) is 56.3 Å². The van der Waals surface area contributed by atoms with Crippen molar-refractivity contribution in [3.8, 4) is 5.75 Å². The zero-order valence-corrected chi connectivity index (χ0v) is 17.4. The Morgan fingerprint density at radius 1 is 1.03 bits per heavy atom. The molecule has 0 fully saturated rings. The predicted octanol–water partition coefficient (Wildman–Crippen LogP) is 6.63. The van der Waals surface area contributed by atoms with Crippen LogP contribution in [0.5, 0.6) is 5.75 Å². The normalized spacial score (nSPS) is 16.7. The van der Waals surface area contributed by atoms with Crippen molar-refractivity contribution >= 4 is 11.6 Å². The first kappa shape index (κ1) is 19.9. The molecule has 2 unspecified atom stereocenters. The molecule has 3 aromatic carbocycles. The number of aryl methyl sites for hydroxylation is 1. The number of rotatable bonds is 6. The van der Waals surface area contributed by atoms with Crippen LogP contribution in [-0.2, 0) is 6.42 Å². The molecule has 0 aliphatic heterocycles. The molecule has 2 atom stereocenters. The third-order valence-corrected chi connectivity index (χ3v) is 5.56. The lowest BCUT2D eigenvalue weighted by atomic mass is 9.95. The van der Waals surface area contributed by atoms with E-state index in [9.17, 15) is 4.39 Å². The highest BCUT2D eigenvalue weighted by Gasteiger charge is 2.28. The molecule has 1 N–H and O–H groups in total. The summed E-state index contributed by atoms with van der Waals surface area (Å²) in [6.07, 6.45) is 1.94. The molecule has 29 heavy (non-hydrogen) atoms. The van der Waals surface area contributed by atoms with Crippen molar-refractivity contribution in [2.75, 3.05) is 0 Å². The van der Waals surface area contributed by atoms with Gasteiger partial charge in [-0.25, -0.2) is 4.39 Å². The maximum atomic E-state index is 13.9. The summed E-state index contributed by atoms with van der Waals surface area (Å²) < 4.78 is 20.0. The van der Waals surface area contributed by atoms with Crippen molar-refractivity contribution in [1.82, 2.24) is 5.32 Å². The molecule has 1 aliphatic rings. The van der Waals surface area contributed by atoms with Gasteiger partial charge >= 0.3 is 0 Å². The van der Waals surface area contributed by atoms with Gasteiger partial charge in [0.15, 0.2) is 0 Å². The van der Waals surface area contributed by atoms with Crippen LogP contribution in [0, 0.1) is 5.82 Å². The van der Waals surface area contributed by atoms with Gasteiger partial charge in [0, 0.05) is 16.6 Å². The van der Waals surface area contributed by atoms with Gasteiger partial charge in [0.05, 0.1) is 12.1 Å². The summed E-state index contributed by atoms with van der Waals surface area (Å²) in [5.74, 6) is 0.651. The minimum absolute atomic E-state index is 0.0665. The lowest BCUT2D eigenvalue weighted by Crippen LogP contribution is -2.27. The first-order chi connectivity index (χ1) is 14.0. The molecular formula is C25H25ClFNO. The topological polar surface area (TPSA) is 21.3 Å². The number of hydrogen-bond acceptors (Lipinski definition) is 2. The van der Waals surface area contributed by atoms with Crippen LogP contribution >= 0.6 is 11.6 Å². The fourth-order valence-corrected chi connectivity index (χ4v) is 4.28. The quantitative estimate of drug-likeness (QED) is 0.493. The van der Waals surface area contributed by atoms with Crippen LogP contribution in [0.4, 0.5) is 4.39 Å². The van der Waals surface area contributed by atoms with E-state index < -0.39 is 0 Å². The molecule has 0 bridgehead atoms. The Bertz CT molecular complexity index is 1000. The lowest BCUT2D eigenvalue weighted by Gasteiger charge is -2.27. The van der Waals surface area contributed by atoms with Gasteiger partial charge in [-0.05, 0) is 73.7 Å². The molecule has 0 radical (unpaired) electrons. The zero-order chi connectivity index (χ0) is 20.4. The van der Waals surface area contributed by atoms with Gasteiger partial charge < -0.3 is 4.74 Å². The summed E-state index contributed by atoms with van der Waals surface area (Å²) >= 11 is 6.31. The summed E-state index contributed by atoms with van der Waals surface area (Å²) in [5.41, 5.74) is 4.36. The molecule has 4 heteroatoms. The molecule has 0 aromatic heterocycles. The highest BCUT2D eigenvalue weighted by Crippen LogP contribution is 2.38. The van der Waals surface area contributed by atoms with Gasteiger partial charge in [-0.3, -0.25) is 5.32 Å². The molecule has 0 spiro atoms. The van der Waals surface area contributed by atoms with Crippen LogP contribution in [0.15, 0.2) is 66.7 Å². The summed E-state index contributed by atoms with van der Waals surface area (Å²) in [7, 11) is 0. The van der Waals surface area contributed by atoms with E-state index in [1.54, 1.807) is 12.1 Å². The van der Waals surface area contributed by atoms with E-state index in [0.717, 1.165) is 35.3 Å². The van der Waals surface area contributed by atoms with Gasteiger partial charge in [0.25, 0.3) is 0 Å². The van der Waals surface area contributed by atoms with Gasteiger partial charge in [-0.1, -0.05) is 48.0 Å². The van der Waals surface area contributed by atoms with Crippen molar-refractivity contribution in [2.45, 2.75) is 44.9 Å². The Balaban J connectivity index is 1.75. The largest absolute Gasteiger partial charge is 0.491 e. The highest BCUT2D eigenvalue weighted by molar-refractivity contribution is 6.30. The maximum absolute atomic E-state index is 13.9. The average molecular weight is 410 g/mol. The Morgan fingerprint density at radius 3 is 2.66 bits per heavy atom. The molecule has 2 nitrogen and oxygen atoms in total. The predicted molar refractivity (Wildman–Crippen MR) is 116 cm³/mol. The Hall–Kier alpha value is -2.36. The number of hydrogen-bond donors (Lipinski definition) is 1. The van der Waals surface area contributed by atoms with Crippen molar-refractivity contribution in [3.05, 3.63) is 99.8 Å². The minimum Gasteiger partial charge on any atom is -0.491 e. The smallest absolute Gasteiger partial charge is 0.124 e. The van der Waals surface area contributed by atoms with Crippen LogP contribution < -0.4 is 10.1 Å². The molecule has 0 amide bonds. The van der Waals surface area contributed by atoms with Crippen LogP contribution in [0.2, 0.25) is 5.02 Å². The van der Waals surface area contributed by atoms with Gasteiger partial charge in [0.1, 0.15) is 11.6 Å². The molecule has 0 saturated carbocycles. The SMILES string of the molecule is CC(C)Oc1ccccc1C(NC1CCc2ccc(F)cc21)c1cccc(Cl)c1. The Labute approximate surface area is 176 Å². The Morgan fingerprint density at radius 2 is 1.86 bits per heavy atom. The van der Waals surface area contributed by atoms with E-state index in [4.69, 9.17) is 16.3 Å². The number of fused-ring (bicyclic) bond motifs is 1. The fraction of sp³-hybridized carbons (Fsp3) is 0.280. The molecule has 4 rings (SSSR count). The van der Waals surface area contributed by atoms with E-state index in [-0.39, 0.29) is 24.0 Å². The van der Waals surface area contributed by atoms with Crippen molar-refractivity contribution in [3.63, 3.8) is 0 Å². The first-order valence-corrected chi connectivity index (χ1v) is 10.4. The summed E-state index contributed by atoms with van der Waals surface area (Å²) in [6.45, 7) is 4.04. The van der Waals surface area contributed by atoms with Crippen LogP contribution in [0.25, 0.3) is 0 Å². The summed E-state index contributed by atoms with van der Waals surface area (Å²) in [6, 6.07) is 21.0. The van der Waals surface area contributed by atoms with E-state index in [1.165, 1.54) is 5.56 Å². The van der Waals surface area contributed by atoms with Crippen molar-refractivity contribution < 1.29 is 9.13 Å². The van der Waals surface area contributed by atoms with Crippen LogP contribution in [0.1, 0.15) is 54.6 Å². The second-order valence-electron chi connectivity index (χ2n) is 7.79. The second-order valence-corrected chi connectivity index (χ2v) is 8.23. The molecule has 3 aromatic rings. The average Bonchev–Trinajstić information content (AvgIpc) is 3.08. The maximum Gasteiger partial charge on any atom is 0.124 e. The van der Waals surface area contributed by atoms with E-state index in [0.29, 0.717) is 5.02 Å². The van der Waals surface area contributed by atoms with Crippen molar-refractivity contribution in [1.29, 1.82) is 0 Å². The third kappa shape index (κ3) is 4.47. The fourth-order valence-electron chi connectivity index (χ4n) is 4.08. The standard InChI is InChI=1S/C25H25ClFNO/c1-16(2)29-24-9-4-3-8-21(24)25(18-6-5-7-19(26)14-18)28-23-13-11-17-10-12-20(27)15-22(17)23/h3-10,12,14-16,23,25,28H,11,13H2,1-2H3. The first-order valence-electron chi connectivity index (χ1n) is 10.1. The summed E-state index contributed by atoms with van der Waals surface area (Å²) in [5, 5.41) is 4.46. The molecule has 1 aliphatic carbocycles. The molecule has 150 valence electrons. The van der Waals surface area contributed by atoms with Gasteiger partial charge in [0.2, 0.25) is 0 Å². The van der Waals surface area contributed by atoms with Gasteiger partial charge in [-0.15, -0.1) is 0 Å². The number of benzene rings is 3. The Kier molecular flexibility index (Phi) is 5.89. The lowest BCUT2D eigenvalue weighted by molar-refractivity contribution is 0.238. The van der Waals surface area contributed by atoms with Gasteiger partial charge in [-0.2, -0.15) is 0 Å². The molecular weight excluding hydrogens is 385 g/mol. The highest BCUT2D eigenvalue weighted by atomic mass is 35.5. The number of halogens is 2. The molecule has 0 saturated heterocycles. The van der Waals surface area contributed by atoms with E-state index in [2.05, 4.69) is 17.4 Å². The minimum atomic E-state index is -0.194. The summed E-state index contributed by atoms with van der Waals surface area (Å²) in [4.78, 5) is 0. The third-order valence-electron chi connectivity index (χ3n) is 5.33. The zero-order valence-electron chi connectivity index (χ0n) is 16.7. The number of nitrogens with one attached hydrogen (secondary N) is 1. The van der Waals surface area contributed by atoms with Crippen molar-refractivity contribution in [2.24, 2.45) is 0 Å². The number of ether oxygens (including phenoxy) is 1. The van der Waals surface area contributed by atoms with E-state index >= 15 is 0 Å². The van der Waals surface area contributed by atoms with Crippen LogP contribution in [-0.4, -0.2) is 6.10 Å².